The van der Waals surface area contributed by atoms with Crippen LogP contribution < -0.4 is 0 Å². The Balaban J connectivity index is 2.41. The standard InChI is InChI=1S/C17H19ClO6/c1-10-5-7-24-17(22)15-12(16(18)14(21)9-13(15)20)8-11(19)4-2-3-6-23-10/h2,4,9-10,20-21H,3,5-8H2,1H3/b4-2+. The van der Waals surface area contributed by atoms with Gasteiger partial charge < -0.3 is 19.7 Å². The van der Waals surface area contributed by atoms with Crippen molar-refractivity contribution in [3.8, 4) is 11.5 Å². The second kappa shape index (κ2) is 8.17. The van der Waals surface area contributed by atoms with Gasteiger partial charge in [0.1, 0.15) is 17.1 Å². The predicted octanol–water partition coefficient (Wildman–Crippen LogP) is 2.77. The van der Waals surface area contributed by atoms with E-state index in [0.29, 0.717) is 19.4 Å². The third-order valence-corrected chi connectivity index (χ3v) is 4.05. The second-order valence-corrected chi connectivity index (χ2v) is 5.90. The summed E-state index contributed by atoms with van der Waals surface area (Å²) in [6, 6.07) is 0.956. The fourth-order valence-corrected chi connectivity index (χ4v) is 2.55. The van der Waals surface area contributed by atoms with Crippen molar-refractivity contribution >= 4 is 23.4 Å². The zero-order chi connectivity index (χ0) is 17.7. The smallest absolute Gasteiger partial charge is 0.342 e. The van der Waals surface area contributed by atoms with Crippen LogP contribution in [0.5, 0.6) is 11.5 Å². The van der Waals surface area contributed by atoms with Gasteiger partial charge in [-0.3, -0.25) is 4.79 Å². The molecule has 1 aliphatic heterocycles. The SMILES string of the molecule is CC1CCOC(=O)c2c(O)cc(O)c(Cl)c2CC(=O)/C=C/CCO1. The van der Waals surface area contributed by atoms with Crippen LogP contribution in [0.15, 0.2) is 18.2 Å². The van der Waals surface area contributed by atoms with Crippen LogP contribution in [0.2, 0.25) is 5.02 Å². The van der Waals surface area contributed by atoms with Gasteiger partial charge in [-0.1, -0.05) is 17.7 Å². The Morgan fingerprint density at radius 1 is 1.21 bits per heavy atom. The van der Waals surface area contributed by atoms with E-state index in [4.69, 9.17) is 21.1 Å². The summed E-state index contributed by atoms with van der Waals surface area (Å²) in [5, 5.41) is 19.6. The number of carbonyl (C=O) groups excluding carboxylic acids is 2. The molecule has 1 aliphatic rings. The molecule has 24 heavy (non-hydrogen) atoms. The minimum absolute atomic E-state index is 0.0511. The van der Waals surface area contributed by atoms with Gasteiger partial charge in [0.2, 0.25) is 0 Å². The van der Waals surface area contributed by atoms with E-state index in [1.54, 1.807) is 6.08 Å². The molecule has 0 aliphatic carbocycles. The summed E-state index contributed by atoms with van der Waals surface area (Å²) in [4.78, 5) is 24.3. The molecule has 0 amide bonds. The molecular formula is C17H19ClO6. The minimum atomic E-state index is -0.801. The maximum atomic E-state index is 12.3. The van der Waals surface area contributed by atoms with Crippen molar-refractivity contribution in [1.82, 2.24) is 0 Å². The fraction of sp³-hybridized carbons (Fsp3) is 0.412. The molecule has 1 atom stereocenters. The topological polar surface area (TPSA) is 93.1 Å². The molecule has 0 fully saturated rings. The lowest BCUT2D eigenvalue weighted by Crippen LogP contribution is -2.17. The number of fused-ring (bicyclic) bond motifs is 1. The average Bonchev–Trinajstić information content (AvgIpc) is 2.51. The normalized spacial score (nSPS) is 21.5. The highest BCUT2D eigenvalue weighted by Crippen LogP contribution is 2.37. The first-order chi connectivity index (χ1) is 11.4. The Bertz CT molecular complexity index is 668. The molecule has 1 heterocycles. The Hall–Kier alpha value is -2.05. The lowest BCUT2D eigenvalue weighted by Gasteiger charge is -2.16. The summed E-state index contributed by atoms with van der Waals surface area (Å²) >= 11 is 6.02. The number of ether oxygens (including phenoxy) is 2. The highest BCUT2D eigenvalue weighted by molar-refractivity contribution is 6.33. The summed E-state index contributed by atoms with van der Waals surface area (Å²) in [5.74, 6) is -2.00. The number of benzene rings is 1. The van der Waals surface area contributed by atoms with Crippen molar-refractivity contribution in [3.05, 3.63) is 34.4 Å². The number of carbonyl (C=O) groups is 2. The highest BCUT2D eigenvalue weighted by atomic mass is 35.5. The van der Waals surface area contributed by atoms with Gasteiger partial charge in [-0.25, -0.2) is 4.79 Å². The van der Waals surface area contributed by atoms with Crippen LogP contribution in [0.25, 0.3) is 0 Å². The van der Waals surface area contributed by atoms with Gasteiger partial charge in [0, 0.05) is 24.5 Å². The quantitative estimate of drug-likeness (QED) is 0.696. The van der Waals surface area contributed by atoms with Crippen LogP contribution in [0.1, 0.15) is 35.7 Å². The number of esters is 1. The Morgan fingerprint density at radius 3 is 2.71 bits per heavy atom. The van der Waals surface area contributed by atoms with Crippen molar-refractivity contribution in [2.45, 2.75) is 32.3 Å². The van der Waals surface area contributed by atoms with Gasteiger partial charge in [-0.05, 0) is 19.4 Å². The van der Waals surface area contributed by atoms with Gasteiger partial charge in [0.25, 0.3) is 0 Å². The first-order valence-electron chi connectivity index (χ1n) is 7.61. The first-order valence-corrected chi connectivity index (χ1v) is 7.99. The molecule has 1 aromatic carbocycles. The Labute approximate surface area is 144 Å². The molecule has 6 nitrogen and oxygen atoms in total. The molecule has 2 N–H and O–H groups in total. The van der Waals surface area contributed by atoms with E-state index < -0.39 is 17.5 Å². The summed E-state index contributed by atoms with van der Waals surface area (Å²) in [6.45, 7) is 2.41. The van der Waals surface area contributed by atoms with Crippen LogP contribution in [-0.2, 0) is 20.7 Å². The molecule has 0 bridgehead atoms. The lowest BCUT2D eigenvalue weighted by atomic mass is 10.00. The van der Waals surface area contributed by atoms with Crippen molar-refractivity contribution in [2.24, 2.45) is 0 Å². The van der Waals surface area contributed by atoms with E-state index in [-0.39, 0.29) is 41.1 Å². The lowest BCUT2D eigenvalue weighted by molar-refractivity contribution is -0.114. The van der Waals surface area contributed by atoms with Crippen molar-refractivity contribution in [2.75, 3.05) is 13.2 Å². The van der Waals surface area contributed by atoms with E-state index in [9.17, 15) is 19.8 Å². The van der Waals surface area contributed by atoms with Gasteiger partial charge in [0.05, 0.1) is 24.3 Å². The van der Waals surface area contributed by atoms with Crippen LogP contribution in [0, 0.1) is 0 Å². The molecule has 1 unspecified atom stereocenters. The van der Waals surface area contributed by atoms with Crippen molar-refractivity contribution in [3.63, 3.8) is 0 Å². The number of allylic oxidation sites excluding steroid dienone is 1. The second-order valence-electron chi connectivity index (χ2n) is 5.52. The van der Waals surface area contributed by atoms with Crippen molar-refractivity contribution in [1.29, 1.82) is 0 Å². The van der Waals surface area contributed by atoms with E-state index in [1.807, 2.05) is 6.92 Å². The third-order valence-electron chi connectivity index (χ3n) is 3.62. The first kappa shape index (κ1) is 18.3. The Kier molecular flexibility index (Phi) is 6.23. The molecule has 2 rings (SSSR count). The number of phenolic OH excluding ortho intramolecular Hbond substituents is 2. The molecule has 1 aromatic rings. The fourth-order valence-electron chi connectivity index (χ4n) is 2.34. The van der Waals surface area contributed by atoms with E-state index in [1.165, 1.54) is 6.08 Å². The van der Waals surface area contributed by atoms with Crippen LogP contribution >= 0.6 is 11.6 Å². The summed E-state index contributed by atoms with van der Waals surface area (Å²) in [6.07, 6.45) is 3.76. The zero-order valence-electron chi connectivity index (χ0n) is 13.3. The number of aromatic hydroxyl groups is 2. The monoisotopic (exact) mass is 354 g/mol. The summed E-state index contributed by atoms with van der Waals surface area (Å²) in [7, 11) is 0. The number of rotatable bonds is 0. The predicted molar refractivity (Wildman–Crippen MR) is 87.6 cm³/mol. The molecule has 130 valence electrons. The number of halogens is 1. The minimum Gasteiger partial charge on any atom is -0.507 e. The molecule has 0 aromatic heterocycles. The number of hydrogen-bond acceptors (Lipinski definition) is 6. The number of cyclic esters (lactones) is 1. The van der Waals surface area contributed by atoms with Crippen LogP contribution in [0.3, 0.4) is 0 Å². The van der Waals surface area contributed by atoms with E-state index in [2.05, 4.69) is 0 Å². The van der Waals surface area contributed by atoms with Crippen LogP contribution in [0.4, 0.5) is 0 Å². The number of phenols is 2. The summed E-state index contributed by atoms with van der Waals surface area (Å²) < 4.78 is 10.7. The van der Waals surface area contributed by atoms with Gasteiger partial charge in [0.15, 0.2) is 5.78 Å². The van der Waals surface area contributed by atoms with Crippen LogP contribution in [-0.4, -0.2) is 41.3 Å². The van der Waals surface area contributed by atoms with E-state index >= 15 is 0 Å². The maximum absolute atomic E-state index is 12.3. The molecule has 0 radical (unpaired) electrons. The zero-order valence-corrected chi connectivity index (χ0v) is 14.0. The van der Waals surface area contributed by atoms with Gasteiger partial charge in [-0.15, -0.1) is 0 Å². The van der Waals surface area contributed by atoms with E-state index in [0.717, 1.165) is 6.07 Å². The Morgan fingerprint density at radius 2 is 1.96 bits per heavy atom. The number of hydrogen-bond donors (Lipinski definition) is 2. The largest absolute Gasteiger partial charge is 0.507 e. The van der Waals surface area contributed by atoms with Gasteiger partial charge in [-0.2, -0.15) is 0 Å². The molecule has 0 spiro atoms. The third kappa shape index (κ3) is 4.49. The molecule has 7 heteroatoms. The molecular weight excluding hydrogens is 336 g/mol. The maximum Gasteiger partial charge on any atom is 0.342 e. The average molecular weight is 355 g/mol. The summed E-state index contributed by atoms with van der Waals surface area (Å²) in [5.41, 5.74) is -0.152. The molecule has 0 saturated carbocycles. The van der Waals surface area contributed by atoms with Crippen molar-refractivity contribution < 1.29 is 29.3 Å². The van der Waals surface area contributed by atoms with Gasteiger partial charge >= 0.3 is 5.97 Å². The molecule has 0 saturated heterocycles. The highest BCUT2D eigenvalue weighted by Gasteiger charge is 2.24. The number of ketones is 1.